The lowest BCUT2D eigenvalue weighted by Crippen LogP contribution is -2.48. The van der Waals surface area contributed by atoms with Crippen molar-refractivity contribution < 1.29 is 9.53 Å². The first kappa shape index (κ1) is 18.0. The third-order valence-corrected chi connectivity index (χ3v) is 6.13. The number of ether oxygens (including phenoxy) is 1. The van der Waals surface area contributed by atoms with Gasteiger partial charge in [0.15, 0.2) is 0 Å². The lowest BCUT2D eigenvalue weighted by molar-refractivity contribution is -0.169. The Morgan fingerprint density at radius 3 is 2.48 bits per heavy atom. The number of hydrogen-bond acceptors (Lipinski definition) is 3. The number of hydrogen-bond donors (Lipinski definition) is 1. The summed E-state index contributed by atoms with van der Waals surface area (Å²) < 4.78 is 6.05. The molecular formula is C22H29NO2. The third-order valence-electron chi connectivity index (χ3n) is 6.13. The Bertz CT molecular complexity index is 611. The van der Waals surface area contributed by atoms with Crippen LogP contribution in [0.4, 0.5) is 0 Å². The van der Waals surface area contributed by atoms with E-state index < -0.39 is 5.41 Å². The van der Waals surface area contributed by atoms with Gasteiger partial charge in [0, 0.05) is 11.8 Å². The number of carbonyl (C=O) groups excluding carboxylic acids is 1. The molecule has 25 heavy (non-hydrogen) atoms. The highest BCUT2D eigenvalue weighted by molar-refractivity contribution is 5.83. The molecular weight excluding hydrogens is 310 g/mol. The molecule has 0 radical (unpaired) electrons. The normalized spacial score (nSPS) is 28.2. The quantitative estimate of drug-likeness (QED) is 0.504. The zero-order valence-electron chi connectivity index (χ0n) is 15.0. The van der Waals surface area contributed by atoms with E-state index in [1.165, 1.54) is 12.8 Å². The van der Waals surface area contributed by atoms with Crippen molar-refractivity contribution in [3.63, 3.8) is 0 Å². The minimum Gasteiger partial charge on any atom is -0.461 e. The summed E-state index contributed by atoms with van der Waals surface area (Å²) in [6.07, 6.45) is 13.4. The van der Waals surface area contributed by atoms with E-state index in [2.05, 4.69) is 18.1 Å². The molecule has 0 heterocycles. The van der Waals surface area contributed by atoms with Crippen LogP contribution in [0.2, 0.25) is 0 Å². The first-order chi connectivity index (χ1) is 12.2. The summed E-state index contributed by atoms with van der Waals surface area (Å²) in [6, 6.07) is 10.2. The van der Waals surface area contributed by atoms with Crippen LogP contribution in [0.25, 0.3) is 0 Å². The number of rotatable bonds is 5. The minimum atomic E-state index is -0.494. The van der Waals surface area contributed by atoms with E-state index in [1.807, 2.05) is 18.2 Å². The SMILES string of the molecule is C#CC1CC(OC(=O)C2(c3ccccc3)CCCCCC2)C1CCN. The van der Waals surface area contributed by atoms with Gasteiger partial charge in [-0.05, 0) is 37.8 Å². The number of terminal acetylenes is 1. The molecule has 3 atom stereocenters. The average Bonchev–Trinajstić information content (AvgIpc) is 2.90. The smallest absolute Gasteiger partial charge is 0.316 e. The molecule has 0 spiro atoms. The van der Waals surface area contributed by atoms with Crippen LogP contribution in [0.15, 0.2) is 30.3 Å². The zero-order chi connectivity index (χ0) is 17.7. The summed E-state index contributed by atoms with van der Waals surface area (Å²) in [7, 11) is 0. The average molecular weight is 339 g/mol. The Kier molecular flexibility index (Phi) is 5.81. The van der Waals surface area contributed by atoms with Gasteiger partial charge in [0.25, 0.3) is 0 Å². The van der Waals surface area contributed by atoms with Crippen LogP contribution < -0.4 is 5.73 Å². The molecule has 3 rings (SSSR count). The van der Waals surface area contributed by atoms with Crippen LogP contribution in [0.5, 0.6) is 0 Å². The molecule has 2 saturated carbocycles. The van der Waals surface area contributed by atoms with Crippen molar-refractivity contribution in [2.75, 3.05) is 6.54 Å². The van der Waals surface area contributed by atoms with Crippen LogP contribution in [-0.4, -0.2) is 18.6 Å². The number of nitrogens with two attached hydrogens (primary N) is 1. The molecule has 1 aromatic rings. The monoisotopic (exact) mass is 339 g/mol. The van der Waals surface area contributed by atoms with Crippen molar-refractivity contribution in [1.82, 2.24) is 0 Å². The molecule has 3 heteroatoms. The maximum Gasteiger partial charge on any atom is 0.316 e. The van der Waals surface area contributed by atoms with Crippen LogP contribution in [-0.2, 0) is 14.9 Å². The van der Waals surface area contributed by atoms with E-state index in [4.69, 9.17) is 16.9 Å². The van der Waals surface area contributed by atoms with Gasteiger partial charge in [0.05, 0.1) is 5.41 Å². The highest BCUT2D eigenvalue weighted by atomic mass is 16.5. The van der Waals surface area contributed by atoms with Gasteiger partial charge in [-0.1, -0.05) is 56.0 Å². The summed E-state index contributed by atoms with van der Waals surface area (Å²) in [5.74, 6) is 3.19. The summed E-state index contributed by atoms with van der Waals surface area (Å²) in [6.45, 7) is 0.584. The van der Waals surface area contributed by atoms with Crippen molar-refractivity contribution in [2.45, 2.75) is 62.9 Å². The van der Waals surface area contributed by atoms with E-state index in [9.17, 15) is 4.79 Å². The van der Waals surface area contributed by atoms with Gasteiger partial charge in [0.1, 0.15) is 6.10 Å². The highest BCUT2D eigenvalue weighted by Crippen LogP contribution is 2.43. The van der Waals surface area contributed by atoms with Crippen molar-refractivity contribution in [3.05, 3.63) is 35.9 Å². The molecule has 0 aromatic heterocycles. The Labute approximate surface area is 151 Å². The van der Waals surface area contributed by atoms with Crippen molar-refractivity contribution in [3.8, 4) is 12.3 Å². The first-order valence-electron chi connectivity index (χ1n) is 9.64. The van der Waals surface area contributed by atoms with Crippen molar-refractivity contribution in [1.29, 1.82) is 0 Å². The van der Waals surface area contributed by atoms with Gasteiger partial charge in [-0.25, -0.2) is 0 Å². The van der Waals surface area contributed by atoms with Gasteiger partial charge < -0.3 is 10.5 Å². The van der Waals surface area contributed by atoms with Gasteiger partial charge in [-0.2, -0.15) is 0 Å². The Balaban J connectivity index is 1.80. The molecule has 0 aliphatic heterocycles. The molecule has 3 nitrogen and oxygen atoms in total. The zero-order valence-corrected chi connectivity index (χ0v) is 15.0. The lowest BCUT2D eigenvalue weighted by atomic mass is 9.69. The molecule has 0 saturated heterocycles. The lowest BCUT2D eigenvalue weighted by Gasteiger charge is -2.43. The second kappa shape index (κ2) is 8.06. The van der Waals surface area contributed by atoms with E-state index in [0.717, 1.165) is 44.1 Å². The fourth-order valence-corrected chi connectivity index (χ4v) is 4.52. The first-order valence-corrected chi connectivity index (χ1v) is 9.64. The van der Waals surface area contributed by atoms with E-state index >= 15 is 0 Å². The highest BCUT2D eigenvalue weighted by Gasteiger charge is 2.47. The molecule has 3 unspecified atom stereocenters. The molecule has 1 aromatic carbocycles. The van der Waals surface area contributed by atoms with Gasteiger partial charge in [0.2, 0.25) is 0 Å². The maximum absolute atomic E-state index is 13.3. The fourth-order valence-electron chi connectivity index (χ4n) is 4.52. The molecule has 2 aliphatic carbocycles. The summed E-state index contributed by atoms with van der Waals surface area (Å²) in [5, 5.41) is 0. The second-order valence-corrected chi connectivity index (χ2v) is 7.56. The predicted molar refractivity (Wildman–Crippen MR) is 99.8 cm³/mol. The predicted octanol–water partition coefficient (Wildman–Crippen LogP) is 3.81. The van der Waals surface area contributed by atoms with Crippen LogP contribution in [0, 0.1) is 24.2 Å². The molecule has 2 aliphatic rings. The standard InChI is InChI=1S/C22H29NO2/c1-2-17-16-20(19(17)12-15-23)25-21(24)22(13-8-3-4-9-14-22)18-10-6-5-7-11-18/h1,5-7,10-11,17,19-20H,3-4,8-9,12-16,23H2. The molecule has 0 amide bonds. The molecule has 2 fully saturated rings. The number of benzene rings is 1. The summed E-state index contributed by atoms with van der Waals surface area (Å²) in [5.41, 5.74) is 6.33. The fraction of sp³-hybridized carbons (Fsp3) is 0.591. The number of carbonyl (C=O) groups is 1. The molecule has 2 N–H and O–H groups in total. The third kappa shape index (κ3) is 3.60. The Hall–Kier alpha value is -1.79. The van der Waals surface area contributed by atoms with Crippen LogP contribution in [0.3, 0.4) is 0 Å². The van der Waals surface area contributed by atoms with Crippen LogP contribution in [0.1, 0.15) is 56.9 Å². The van der Waals surface area contributed by atoms with Crippen molar-refractivity contribution >= 4 is 5.97 Å². The largest absolute Gasteiger partial charge is 0.461 e. The van der Waals surface area contributed by atoms with E-state index in [-0.39, 0.29) is 23.9 Å². The molecule has 0 bridgehead atoms. The van der Waals surface area contributed by atoms with Crippen molar-refractivity contribution in [2.24, 2.45) is 17.6 Å². The minimum absolute atomic E-state index is 0.0527. The summed E-state index contributed by atoms with van der Waals surface area (Å²) in [4.78, 5) is 13.3. The van der Waals surface area contributed by atoms with E-state index in [0.29, 0.717) is 6.54 Å². The van der Waals surface area contributed by atoms with Crippen LogP contribution >= 0.6 is 0 Å². The second-order valence-electron chi connectivity index (χ2n) is 7.56. The number of esters is 1. The van der Waals surface area contributed by atoms with Gasteiger partial charge in [-0.3, -0.25) is 4.79 Å². The summed E-state index contributed by atoms with van der Waals surface area (Å²) >= 11 is 0. The molecule has 134 valence electrons. The topological polar surface area (TPSA) is 52.3 Å². The Morgan fingerprint density at radius 1 is 1.20 bits per heavy atom. The maximum atomic E-state index is 13.3. The van der Waals surface area contributed by atoms with Gasteiger partial charge >= 0.3 is 5.97 Å². The van der Waals surface area contributed by atoms with Gasteiger partial charge in [-0.15, -0.1) is 12.3 Å². The Morgan fingerprint density at radius 2 is 1.88 bits per heavy atom. The van der Waals surface area contributed by atoms with E-state index in [1.54, 1.807) is 0 Å².